The van der Waals surface area contributed by atoms with Gasteiger partial charge >= 0.3 is 13.6 Å². The highest BCUT2D eigenvalue weighted by atomic mass is 32.2. The molecule has 0 saturated heterocycles. The molecule has 190 valence electrons. The SMILES string of the molecule is Cc1ccc(S(=O)(=O)OC[C@@H](COC(=O)C(C)(C)C)OCP(=O)(OC(C)C)OC(C)C)cc1. The fourth-order valence-corrected chi connectivity index (χ4v) is 5.18. The van der Waals surface area contributed by atoms with Crippen LogP contribution in [0.25, 0.3) is 0 Å². The third kappa shape index (κ3) is 11.1. The van der Waals surface area contributed by atoms with Crippen LogP contribution in [0.1, 0.15) is 54.0 Å². The highest BCUT2D eigenvalue weighted by Gasteiger charge is 2.31. The van der Waals surface area contributed by atoms with Gasteiger partial charge in [-0.1, -0.05) is 17.7 Å². The van der Waals surface area contributed by atoms with Crippen molar-refractivity contribution in [2.24, 2.45) is 5.41 Å². The van der Waals surface area contributed by atoms with Gasteiger partial charge in [-0.3, -0.25) is 13.5 Å². The monoisotopic (exact) mass is 508 g/mol. The van der Waals surface area contributed by atoms with Crippen molar-refractivity contribution in [2.45, 2.75) is 78.6 Å². The lowest BCUT2D eigenvalue weighted by Crippen LogP contribution is -2.32. The third-order valence-electron chi connectivity index (χ3n) is 3.94. The van der Waals surface area contributed by atoms with E-state index in [2.05, 4.69) is 0 Å². The number of esters is 1. The lowest BCUT2D eigenvalue weighted by molar-refractivity contribution is -0.157. The Morgan fingerprint density at radius 2 is 1.48 bits per heavy atom. The van der Waals surface area contributed by atoms with Gasteiger partial charge < -0.3 is 18.5 Å². The van der Waals surface area contributed by atoms with Crippen molar-refractivity contribution in [3.8, 4) is 0 Å². The summed E-state index contributed by atoms with van der Waals surface area (Å²) in [7, 11) is -7.74. The second-order valence-electron chi connectivity index (χ2n) is 9.24. The topological polar surface area (TPSA) is 114 Å². The predicted octanol–water partition coefficient (Wildman–Crippen LogP) is 4.68. The number of rotatable bonds is 13. The van der Waals surface area contributed by atoms with Crippen LogP contribution in [-0.2, 0) is 42.2 Å². The van der Waals surface area contributed by atoms with E-state index in [9.17, 15) is 17.8 Å². The largest absolute Gasteiger partial charge is 0.462 e. The minimum Gasteiger partial charge on any atom is -0.462 e. The highest BCUT2D eigenvalue weighted by Crippen LogP contribution is 2.50. The van der Waals surface area contributed by atoms with Gasteiger partial charge in [0.2, 0.25) is 0 Å². The van der Waals surface area contributed by atoms with Crippen molar-refractivity contribution < 1.29 is 40.5 Å². The zero-order valence-corrected chi connectivity index (χ0v) is 22.4. The Hall–Kier alpha value is -1.29. The van der Waals surface area contributed by atoms with E-state index in [1.807, 2.05) is 6.92 Å². The van der Waals surface area contributed by atoms with E-state index in [0.29, 0.717) is 0 Å². The number of benzene rings is 1. The van der Waals surface area contributed by atoms with Crippen LogP contribution in [0.3, 0.4) is 0 Å². The van der Waals surface area contributed by atoms with E-state index in [-0.39, 0.29) is 11.5 Å². The summed E-state index contributed by atoms with van der Waals surface area (Å²) in [6.45, 7) is 12.9. The molecular weight excluding hydrogens is 471 g/mol. The van der Waals surface area contributed by atoms with E-state index in [4.69, 9.17) is 22.7 Å². The van der Waals surface area contributed by atoms with Gasteiger partial charge in [0.05, 0.1) is 29.1 Å². The van der Waals surface area contributed by atoms with E-state index in [1.54, 1.807) is 60.6 Å². The lowest BCUT2D eigenvalue weighted by atomic mass is 9.97. The smallest absolute Gasteiger partial charge is 0.356 e. The molecule has 0 aliphatic rings. The molecule has 0 saturated carbocycles. The molecule has 0 amide bonds. The van der Waals surface area contributed by atoms with Gasteiger partial charge in [-0.15, -0.1) is 0 Å². The molecule has 1 aromatic carbocycles. The fourth-order valence-electron chi connectivity index (χ4n) is 2.39. The highest BCUT2D eigenvalue weighted by molar-refractivity contribution is 7.86. The van der Waals surface area contributed by atoms with Crippen LogP contribution >= 0.6 is 7.60 Å². The summed E-state index contributed by atoms with van der Waals surface area (Å²) < 4.78 is 65.1. The van der Waals surface area contributed by atoms with Crippen LogP contribution in [0.15, 0.2) is 29.2 Å². The Morgan fingerprint density at radius 1 is 0.970 bits per heavy atom. The number of ether oxygens (including phenoxy) is 2. The molecule has 0 heterocycles. The van der Waals surface area contributed by atoms with Crippen molar-refractivity contribution in [3.63, 3.8) is 0 Å². The predicted molar refractivity (Wildman–Crippen MR) is 125 cm³/mol. The van der Waals surface area contributed by atoms with E-state index in [1.165, 1.54) is 12.1 Å². The minimum atomic E-state index is -4.08. The molecule has 0 radical (unpaired) electrons. The molecule has 0 bridgehead atoms. The summed E-state index contributed by atoms with van der Waals surface area (Å²) in [6.07, 6.45) is -2.28. The van der Waals surface area contributed by atoms with Crippen molar-refractivity contribution in [1.82, 2.24) is 0 Å². The maximum absolute atomic E-state index is 13.1. The van der Waals surface area contributed by atoms with Crippen LogP contribution in [0, 0.1) is 12.3 Å². The molecule has 1 rings (SSSR count). The second kappa shape index (κ2) is 12.4. The first-order valence-electron chi connectivity index (χ1n) is 10.7. The van der Waals surface area contributed by atoms with Crippen LogP contribution in [0.5, 0.6) is 0 Å². The minimum absolute atomic E-state index is 0.0181. The molecule has 11 heteroatoms. The van der Waals surface area contributed by atoms with Crippen LogP contribution in [-0.4, -0.2) is 52.3 Å². The summed E-state index contributed by atoms with van der Waals surface area (Å²) in [5.41, 5.74) is 0.131. The zero-order valence-electron chi connectivity index (χ0n) is 20.7. The van der Waals surface area contributed by atoms with E-state index < -0.39 is 60.4 Å². The van der Waals surface area contributed by atoms with Gasteiger partial charge in [0.25, 0.3) is 10.1 Å². The summed E-state index contributed by atoms with van der Waals surface area (Å²) in [5.74, 6) is -0.502. The lowest BCUT2D eigenvalue weighted by Gasteiger charge is -2.26. The fraction of sp³-hybridized carbons (Fsp3) is 0.682. The quantitative estimate of drug-likeness (QED) is 0.213. The maximum Gasteiger partial charge on any atom is 0.356 e. The molecular formula is C22H37O9PS. The van der Waals surface area contributed by atoms with Crippen LogP contribution < -0.4 is 0 Å². The van der Waals surface area contributed by atoms with Gasteiger partial charge in [-0.05, 0) is 67.5 Å². The molecule has 1 aromatic rings. The normalized spacial score (nSPS) is 14.0. The number of carbonyl (C=O) groups is 1. The van der Waals surface area contributed by atoms with E-state index >= 15 is 0 Å². The van der Waals surface area contributed by atoms with Crippen molar-refractivity contribution >= 4 is 23.7 Å². The summed E-state index contributed by atoms with van der Waals surface area (Å²) >= 11 is 0. The molecule has 0 unspecified atom stereocenters. The Bertz CT molecular complexity index is 889. The van der Waals surface area contributed by atoms with Crippen molar-refractivity contribution in [1.29, 1.82) is 0 Å². The molecule has 0 spiro atoms. The van der Waals surface area contributed by atoms with Gasteiger partial charge in [-0.2, -0.15) is 8.42 Å². The van der Waals surface area contributed by atoms with Crippen LogP contribution in [0.2, 0.25) is 0 Å². The molecule has 0 N–H and O–H groups in total. The molecule has 0 fully saturated rings. The molecule has 0 aromatic heterocycles. The molecule has 0 aliphatic carbocycles. The molecule has 33 heavy (non-hydrogen) atoms. The number of hydrogen-bond acceptors (Lipinski definition) is 9. The van der Waals surface area contributed by atoms with Crippen molar-refractivity contribution in [3.05, 3.63) is 29.8 Å². The second-order valence-corrected chi connectivity index (χ2v) is 12.8. The maximum atomic E-state index is 13.1. The van der Waals surface area contributed by atoms with Crippen molar-refractivity contribution in [2.75, 3.05) is 19.6 Å². The van der Waals surface area contributed by atoms with Gasteiger partial charge in [-0.25, -0.2) is 0 Å². The van der Waals surface area contributed by atoms with E-state index in [0.717, 1.165) is 5.56 Å². The summed E-state index contributed by atoms with van der Waals surface area (Å²) in [6, 6.07) is 6.17. The average Bonchev–Trinajstić information content (AvgIpc) is 2.65. The summed E-state index contributed by atoms with van der Waals surface area (Å²) in [4.78, 5) is 12.2. The molecule has 1 atom stereocenters. The number of hydrogen-bond donors (Lipinski definition) is 0. The number of carbonyl (C=O) groups excluding carboxylic acids is 1. The average molecular weight is 509 g/mol. The molecule has 0 aliphatic heterocycles. The molecule has 9 nitrogen and oxygen atoms in total. The zero-order chi connectivity index (χ0) is 25.4. The first-order valence-corrected chi connectivity index (χ1v) is 13.9. The Morgan fingerprint density at radius 3 is 1.94 bits per heavy atom. The summed E-state index contributed by atoms with van der Waals surface area (Å²) in [5, 5.41) is 0. The van der Waals surface area contributed by atoms with Gasteiger partial charge in [0, 0.05) is 0 Å². The Kier molecular flexibility index (Phi) is 11.2. The van der Waals surface area contributed by atoms with Gasteiger partial charge in [0.15, 0.2) is 0 Å². The number of aryl methyl sites for hydroxylation is 1. The Balaban J connectivity index is 2.96. The standard InChI is InChI=1S/C22H37O9PS/c1-16(2)30-32(24,31-17(3)4)15-28-19(13-27-21(23)22(6,7)8)14-29-33(25,26)20-11-9-18(5)10-12-20/h9-12,16-17,19H,13-15H2,1-8H3/t19-/m1/s1. The van der Waals surface area contributed by atoms with Crippen LogP contribution in [0.4, 0.5) is 0 Å². The first kappa shape index (κ1) is 29.7. The third-order valence-corrected chi connectivity index (χ3v) is 7.19. The Labute approximate surface area is 197 Å². The van der Waals surface area contributed by atoms with Gasteiger partial charge in [0.1, 0.15) is 19.1 Å². The first-order chi connectivity index (χ1) is 15.0.